The third-order valence-corrected chi connectivity index (χ3v) is 7.35. The molecule has 0 spiro atoms. The fraction of sp³-hybridized carbons (Fsp3) is 0.194. The zero-order valence-electron chi connectivity index (χ0n) is 22.0. The Labute approximate surface area is 237 Å². The highest BCUT2D eigenvalue weighted by atomic mass is 32.1. The number of urea groups is 1. The average molecular weight is 555 g/mol. The molecule has 2 amide bonds. The lowest BCUT2D eigenvalue weighted by molar-refractivity contribution is 0.206. The molecule has 9 heteroatoms. The van der Waals surface area contributed by atoms with Crippen LogP contribution in [0.1, 0.15) is 23.2 Å². The molecule has 7 nitrogen and oxygen atoms in total. The van der Waals surface area contributed by atoms with Crippen LogP contribution in [0.15, 0.2) is 103 Å². The molecule has 0 atom stereocenters. The number of nitrogens with zero attached hydrogens (tertiary/aromatic N) is 4. The van der Waals surface area contributed by atoms with Gasteiger partial charge in [0.15, 0.2) is 0 Å². The number of carbonyl (C=O) groups excluding carboxylic acids is 1. The van der Waals surface area contributed by atoms with Crippen LogP contribution in [0.2, 0.25) is 0 Å². The van der Waals surface area contributed by atoms with Crippen molar-refractivity contribution in [2.24, 2.45) is 0 Å². The largest absolute Gasteiger partial charge is 0.337 e. The number of benzene rings is 3. The summed E-state index contributed by atoms with van der Waals surface area (Å²) in [6, 6.07) is 24.5. The number of para-hydroxylation sites is 1. The quantitative estimate of drug-likeness (QED) is 0.183. The Morgan fingerprint density at radius 2 is 1.70 bits per heavy atom. The molecule has 0 saturated carbocycles. The molecule has 5 rings (SSSR count). The number of carbonyl (C=O) groups is 1. The molecule has 0 aliphatic carbocycles. The molecule has 2 N–H and O–H groups in total. The highest BCUT2D eigenvalue weighted by molar-refractivity contribution is 7.13. The van der Waals surface area contributed by atoms with Crippen LogP contribution in [-0.4, -0.2) is 32.0 Å². The zero-order valence-corrected chi connectivity index (χ0v) is 22.9. The number of imidazole rings is 1. The molecule has 0 fully saturated rings. The number of amides is 2. The highest BCUT2D eigenvalue weighted by Gasteiger charge is 2.17. The second-order valence-corrected chi connectivity index (χ2v) is 10.3. The van der Waals surface area contributed by atoms with Crippen molar-refractivity contribution in [2.75, 3.05) is 11.9 Å². The minimum Gasteiger partial charge on any atom is -0.337 e. The molecule has 3 aromatic carbocycles. The van der Waals surface area contributed by atoms with Gasteiger partial charge in [0.2, 0.25) is 0 Å². The molecule has 40 heavy (non-hydrogen) atoms. The first-order chi connectivity index (χ1) is 19.6. The number of aromatic nitrogens is 3. The predicted octanol–water partition coefficient (Wildman–Crippen LogP) is 6.56. The van der Waals surface area contributed by atoms with Crippen molar-refractivity contribution >= 4 is 23.1 Å². The fourth-order valence-corrected chi connectivity index (χ4v) is 5.11. The molecule has 0 bridgehead atoms. The van der Waals surface area contributed by atoms with Crippen molar-refractivity contribution in [1.29, 1.82) is 0 Å². The third-order valence-electron chi connectivity index (χ3n) is 6.41. The van der Waals surface area contributed by atoms with E-state index in [0.29, 0.717) is 13.1 Å². The lowest BCUT2D eigenvalue weighted by Gasteiger charge is -2.22. The third kappa shape index (κ3) is 7.62. The second kappa shape index (κ2) is 13.6. The van der Waals surface area contributed by atoms with E-state index >= 15 is 0 Å². The van der Waals surface area contributed by atoms with E-state index in [2.05, 4.69) is 52.0 Å². The van der Waals surface area contributed by atoms with E-state index in [1.807, 2.05) is 34.3 Å². The minimum absolute atomic E-state index is 0.157. The zero-order chi connectivity index (χ0) is 27.6. The Morgan fingerprint density at radius 3 is 2.45 bits per heavy atom. The van der Waals surface area contributed by atoms with Gasteiger partial charge in [-0.15, -0.1) is 11.3 Å². The van der Waals surface area contributed by atoms with Crippen LogP contribution in [0.3, 0.4) is 0 Å². The van der Waals surface area contributed by atoms with Gasteiger partial charge in [-0.1, -0.05) is 66.7 Å². The summed E-state index contributed by atoms with van der Waals surface area (Å²) in [6.07, 6.45) is 6.09. The number of hydrogen-bond donors (Lipinski definition) is 2. The monoisotopic (exact) mass is 554 g/mol. The number of thiazole rings is 1. The van der Waals surface area contributed by atoms with Crippen LogP contribution in [0.4, 0.5) is 14.9 Å². The van der Waals surface area contributed by atoms with Gasteiger partial charge in [-0.05, 0) is 29.7 Å². The Bertz CT molecular complexity index is 1490. The van der Waals surface area contributed by atoms with E-state index in [0.717, 1.165) is 42.3 Å². The maximum absolute atomic E-state index is 14.2. The van der Waals surface area contributed by atoms with Crippen molar-refractivity contribution in [1.82, 2.24) is 24.8 Å². The molecule has 204 valence electrons. The van der Waals surface area contributed by atoms with Gasteiger partial charge in [0, 0.05) is 49.5 Å². The van der Waals surface area contributed by atoms with Gasteiger partial charge in [0.05, 0.1) is 24.3 Å². The van der Waals surface area contributed by atoms with Gasteiger partial charge in [-0.25, -0.2) is 19.2 Å². The molecule has 2 aromatic heterocycles. The van der Waals surface area contributed by atoms with E-state index in [4.69, 9.17) is 4.98 Å². The summed E-state index contributed by atoms with van der Waals surface area (Å²) in [5.41, 5.74) is 4.44. The molecule has 0 saturated heterocycles. The lowest BCUT2D eigenvalue weighted by atomic mass is 10.1. The number of hydrogen-bond acceptors (Lipinski definition) is 5. The van der Waals surface area contributed by atoms with Crippen molar-refractivity contribution in [2.45, 2.75) is 32.6 Å². The van der Waals surface area contributed by atoms with E-state index in [1.165, 1.54) is 17.2 Å². The minimum atomic E-state index is -0.469. The molecule has 5 aromatic rings. The van der Waals surface area contributed by atoms with Crippen LogP contribution in [-0.2, 0) is 26.2 Å². The number of rotatable bonds is 12. The SMILES string of the molecule is O=C(Nc1ccccc1F)N(CCCn1ccnc1)Cc1csc(-c2ccc(CNCc3ccccc3)cc2)n1. The number of aryl methyl sites for hydroxylation is 1. The number of nitrogens with one attached hydrogen (secondary N) is 2. The van der Waals surface area contributed by atoms with Gasteiger partial charge >= 0.3 is 6.03 Å². The Morgan fingerprint density at radius 1 is 0.950 bits per heavy atom. The average Bonchev–Trinajstić information content (AvgIpc) is 3.67. The van der Waals surface area contributed by atoms with Crippen LogP contribution >= 0.6 is 11.3 Å². The van der Waals surface area contributed by atoms with Crippen LogP contribution in [0, 0.1) is 5.82 Å². The first-order valence-corrected chi connectivity index (χ1v) is 14.1. The van der Waals surface area contributed by atoms with Crippen LogP contribution in [0.25, 0.3) is 10.6 Å². The molecular formula is C31H31FN6OS. The topological polar surface area (TPSA) is 75.1 Å². The summed E-state index contributed by atoms with van der Waals surface area (Å²) in [4.78, 5) is 23.7. The summed E-state index contributed by atoms with van der Waals surface area (Å²) in [7, 11) is 0. The van der Waals surface area contributed by atoms with E-state index in [9.17, 15) is 9.18 Å². The molecule has 0 aliphatic rings. The predicted molar refractivity (Wildman–Crippen MR) is 157 cm³/mol. The van der Waals surface area contributed by atoms with Crippen molar-refractivity contribution in [3.8, 4) is 10.6 Å². The van der Waals surface area contributed by atoms with Gasteiger partial charge in [0.25, 0.3) is 0 Å². The molecule has 0 unspecified atom stereocenters. The normalized spacial score (nSPS) is 10.9. The molecule has 0 aliphatic heterocycles. The van der Waals surface area contributed by atoms with Crippen molar-refractivity contribution in [3.05, 3.63) is 126 Å². The van der Waals surface area contributed by atoms with E-state index < -0.39 is 5.82 Å². The smallest absolute Gasteiger partial charge is 0.322 e. The van der Waals surface area contributed by atoms with Gasteiger partial charge in [0.1, 0.15) is 10.8 Å². The summed E-state index contributed by atoms with van der Waals surface area (Å²) in [5.74, 6) is -0.469. The lowest BCUT2D eigenvalue weighted by Crippen LogP contribution is -2.36. The summed E-state index contributed by atoms with van der Waals surface area (Å²) >= 11 is 1.55. The molecule has 0 radical (unpaired) electrons. The fourth-order valence-electron chi connectivity index (χ4n) is 4.29. The number of anilines is 1. The first kappa shape index (κ1) is 27.2. The maximum atomic E-state index is 14.2. The van der Waals surface area contributed by atoms with E-state index in [1.54, 1.807) is 47.0 Å². The molecule has 2 heterocycles. The summed E-state index contributed by atoms with van der Waals surface area (Å²) in [5, 5.41) is 9.05. The Hall–Kier alpha value is -4.34. The van der Waals surface area contributed by atoms with Crippen LogP contribution in [0.5, 0.6) is 0 Å². The first-order valence-electron chi connectivity index (χ1n) is 13.2. The van der Waals surface area contributed by atoms with Gasteiger partial charge in [-0.2, -0.15) is 0 Å². The van der Waals surface area contributed by atoms with Crippen molar-refractivity contribution < 1.29 is 9.18 Å². The maximum Gasteiger partial charge on any atom is 0.322 e. The second-order valence-electron chi connectivity index (χ2n) is 9.42. The van der Waals surface area contributed by atoms with E-state index in [-0.39, 0.29) is 11.7 Å². The highest BCUT2D eigenvalue weighted by Crippen LogP contribution is 2.25. The molecular weight excluding hydrogens is 523 g/mol. The summed E-state index contributed by atoms with van der Waals surface area (Å²) < 4.78 is 16.2. The Balaban J connectivity index is 1.20. The van der Waals surface area contributed by atoms with Gasteiger partial charge < -0.3 is 20.1 Å². The Kier molecular flexibility index (Phi) is 9.29. The summed E-state index contributed by atoms with van der Waals surface area (Å²) in [6.45, 7) is 3.13. The number of halogens is 1. The standard InChI is InChI=1S/C31H31FN6OS/c32-28-9-4-5-10-29(28)36-31(39)38(17-6-16-37-18-15-33-23-37)21-27-22-40-30(35-27)26-13-11-25(12-14-26)20-34-19-24-7-2-1-3-8-24/h1-5,7-15,18,22-23,34H,6,16-17,19-21H2,(H,36,39). The van der Waals surface area contributed by atoms with Gasteiger partial charge in [-0.3, -0.25) is 0 Å². The van der Waals surface area contributed by atoms with Crippen LogP contribution < -0.4 is 10.6 Å². The van der Waals surface area contributed by atoms with Crippen molar-refractivity contribution in [3.63, 3.8) is 0 Å².